The highest BCUT2D eigenvalue weighted by atomic mass is 32.1. The van der Waals surface area contributed by atoms with Gasteiger partial charge >= 0.3 is 0 Å². The van der Waals surface area contributed by atoms with E-state index < -0.39 is 0 Å². The number of hydrogen-bond donors (Lipinski definition) is 0. The van der Waals surface area contributed by atoms with E-state index in [2.05, 4.69) is 40.5 Å². The zero-order valence-corrected chi connectivity index (χ0v) is 13.7. The van der Waals surface area contributed by atoms with Crippen molar-refractivity contribution in [3.63, 3.8) is 0 Å². The predicted octanol–water partition coefficient (Wildman–Crippen LogP) is 3.77. The predicted molar refractivity (Wildman–Crippen MR) is 89.4 cm³/mol. The van der Waals surface area contributed by atoms with Crippen LogP contribution in [0.5, 0.6) is 0 Å². The molecule has 3 heterocycles. The van der Waals surface area contributed by atoms with Gasteiger partial charge in [-0.15, -0.1) is 5.10 Å². The summed E-state index contributed by atoms with van der Waals surface area (Å²) < 4.78 is 6.12. The molecule has 0 bridgehead atoms. The molecule has 1 saturated heterocycles. The van der Waals surface area contributed by atoms with Crippen molar-refractivity contribution < 1.29 is 0 Å². The maximum atomic E-state index is 5.65. The third-order valence-electron chi connectivity index (χ3n) is 4.19. The van der Waals surface area contributed by atoms with Crippen LogP contribution in [-0.4, -0.2) is 32.2 Å². The van der Waals surface area contributed by atoms with E-state index in [1.807, 2.05) is 4.68 Å². The lowest BCUT2D eigenvalue weighted by Crippen LogP contribution is -2.36. The highest BCUT2D eigenvalue weighted by Gasteiger charge is 2.18. The fourth-order valence-corrected chi connectivity index (χ4v) is 4.55. The van der Waals surface area contributed by atoms with Gasteiger partial charge in [0.2, 0.25) is 9.73 Å². The molecule has 0 aliphatic carbocycles. The summed E-state index contributed by atoms with van der Waals surface area (Å²) in [6.45, 7) is 5.43. The number of piperidine rings is 1. The summed E-state index contributed by atoms with van der Waals surface area (Å²) >= 11 is 7.35. The van der Waals surface area contributed by atoms with Crippen molar-refractivity contribution in [3.05, 3.63) is 29.0 Å². The van der Waals surface area contributed by atoms with Crippen molar-refractivity contribution in [3.8, 4) is 0 Å². The van der Waals surface area contributed by atoms with Crippen molar-refractivity contribution in [1.82, 2.24) is 19.1 Å². The van der Waals surface area contributed by atoms with Gasteiger partial charge in [0.15, 0.2) is 0 Å². The molecule has 1 aromatic carbocycles. The van der Waals surface area contributed by atoms with Crippen LogP contribution in [0, 0.1) is 10.7 Å². The molecular formula is C15H18N4S2. The second-order valence-corrected chi connectivity index (χ2v) is 7.31. The lowest BCUT2D eigenvalue weighted by Gasteiger charge is -2.30. The number of fused-ring (bicyclic) bond motifs is 3. The van der Waals surface area contributed by atoms with Gasteiger partial charge in [-0.25, -0.2) is 4.68 Å². The summed E-state index contributed by atoms with van der Waals surface area (Å²) in [6.07, 6.45) is 2.62. The van der Waals surface area contributed by atoms with E-state index in [0.29, 0.717) is 0 Å². The average molecular weight is 318 g/mol. The van der Waals surface area contributed by atoms with Gasteiger partial charge in [-0.2, -0.15) is 0 Å². The number of thiazole rings is 1. The van der Waals surface area contributed by atoms with E-state index in [-0.39, 0.29) is 0 Å². The van der Waals surface area contributed by atoms with Crippen molar-refractivity contribution in [1.29, 1.82) is 0 Å². The monoisotopic (exact) mass is 318 g/mol. The molecule has 1 aliphatic rings. The van der Waals surface area contributed by atoms with Gasteiger partial charge < -0.3 is 0 Å². The van der Waals surface area contributed by atoms with Crippen LogP contribution in [0.3, 0.4) is 0 Å². The van der Waals surface area contributed by atoms with Crippen LogP contribution in [0.15, 0.2) is 24.3 Å². The maximum Gasteiger partial charge on any atom is 0.216 e. The Morgan fingerprint density at radius 1 is 1.38 bits per heavy atom. The molecule has 21 heavy (non-hydrogen) atoms. The number of benzene rings is 1. The maximum absolute atomic E-state index is 5.65. The van der Waals surface area contributed by atoms with Crippen LogP contribution >= 0.6 is 23.6 Å². The third kappa shape index (κ3) is 2.31. The summed E-state index contributed by atoms with van der Waals surface area (Å²) in [7, 11) is 0. The minimum Gasteiger partial charge on any atom is -0.284 e. The Hall–Kier alpha value is -1.24. The minimum atomic E-state index is 0.775. The van der Waals surface area contributed by atoms with Crippen LogP contribution in [-0.2, 0) is 6.67 Å². The van der Waals surface area contributed by atoms with E-state index >= 15 is 0 Å². The Labute approximate surface area is 132 Å². The topological polar surface area (TPSA) is 25.5 Å². The first-order valence-corrected chi connectivity index (χ1v) is 8.64. The molecule has 0 N–H and O–H groups in total. The fourth-order valence-electron chi connectivity index (χ4n) is 3.18. The van der Waals surface area contributed by atoms with Gasteiger partial charge in [-0.05, 0) is 49.7 Å². The zero-order chi connectivity index (χ0) is 14.4. The first kappa shape index (κ1) is 13.4. The zero-order valence-electron chi connectivity index (χ0n) is 12.0. The summed E-state index contributed by atoms with van der Waals surface area (Å²) in [5.74, 6) is 0.775. The molecule has 1 fully saturated rings. The second kappa shape index (κ2) is 5.19. The van der Waals surface area contributed by atoms with E-state index in [1.165, 1.54) is 23.1 Å². The van der Waals surface area contributed by atoms with Crippen LogP contribution < -0.4 is 0 Å². The highest BCUT2D eigenvalue weighted by Crippen LogP contribution is 2.26. The van der Waals surface area contributed by atoms with Gasteiger partial charge in [0.25, 0.3) is 0 Å². The summed E-state index contributed by atoms with van der Waals surface area (Å²) in [4.78, 5) is 3.45. The number of rotatable bonds is 2. The number of nitrogens with zero attached hydrogens (tertiary/aromatic N) is 4. The molecule has 0 saturated carbocycles. The van der Waals surface area contributed by atoms with E-state index in [4.69, 9.17) is 17.3 Å². The van der Waals surface area contributed by atoms with E-state index in [9.17, 15) is 0 Å². The van der Waals surface area contributed by atoms with Gasteiger partial charge in [-0.3, -0.25) is 9.30 Å². The molecule has 4 rings (SSSR count). The van der Waals surface area contributed by atoms with Crippen molar-refractivity contribution >= 4 is 38.7 Å². The molecule has 3 aromatic rings. The Morgan fingerprint density at radius 3 is 3.10 bits per heavy atom. The average Bonchev–Trinajstić information content (AvgIpc) is 2.97. The number of para-hydroxylation sites is 1. The molecule has 2 aromatic heterocycles. The highest BCUT2D eigenvalue weighted by molar-refractivity contribution is 7.71. The second-order valence-electron chi connectivity index (χ2n) is 5.94. The molecule has 6 heteroatoms. The summed E-state index contributed by atoms with van der Waals surface area (Å²) in [5, 5.41) is 4.72. The van der Waals surface area contributed by atoms with Crippen LogP contribution in [0.1, 0.15) is 19.8 Å². The van der Waals surface area contributed by atoms with Crippen molar-refractivity contribution in [2.24, 2.45) is 5.92 Å². The number of likely N-dealkylation sites (tertiary alicyclic amines) is 1. The third-order valence-corrected chi connectivity index (χ3v) is 5.60. The Kier molecular flexibility index (Phi) is 3.32. The quantitative estimate of drug-likeness (QED) is 0.673. The van der Waals surface area contributed by atoms with Crippen LogP contribution in [0.25, 0.3) is 15.2 Å². The Bertz CT molecular complexity index is 844. The van der Waals surface area contributed by atoms with Gasteiger partial charge in [-0.1, -0.05) is 30.4 Å². The van der Waals surface area contributed by atoms with Gasteiger partial charge in [0.1, 0.15) is 0 Å². The molecule has 0 unspecified atom stereocenters. The van der Waals surface area contributed by atoms with Crippen molar-refractivity contribution in [2.45, 2.75) is 26.4 Å². The molecule has 0 amide bonds. The normalized spacial score (nSPS) is 20.5. The molecule has 0 spiro atoms. The number of aromatic nitrogens is 3. The summed E-state index contributed by atoms with van der Waals surface area (Å²) in [5.41, 5.74) is 1.17. The largest absolute Gasteiger partial charge is 0.284 e. The minimum absolute atomic E-state index is 0.775. The smallest absolute Gasteiger partial charge is 0.216 e. The molecule has 4 nitrogen and oxygen atoms in total. The molecule has 110 valence electrons. The van der Waals surface area contributed by atoms with Crippen LogP contribution in [0.4, 0.5) is 0 Å². The lowest BCUT2D eigenvalue weighted by molar-refractivity contribution is 0.138. The Balaban J connectivity index is 1.73. The van der Waals surface area contributed by atoms with Gasteiger partial charge in [0.05, 0.1) is 16.9 Å². The molecule has 0 radical (unpaired) electrons. The number of hydrogen-bond acceptors (Lipinski definition) is 4. The fraction of sp³-hybridized carbons (Fsp3) is 0.467. The van der Waals surface area contributed by atoms with Crippen LogP contribution in [0.2, 0.25) is 0 Å². The van der Waals surface area contributed by atoms with E-state index in [0.717, 1.165) is 35.4 Å². The molecule has 1 aliphatic heterocycles. The standard InChI is InChI=1S/C15H18N4S2/c1-11-5-4-8-17(9-11)10-18-15(20)19-12-6-2-3-7-13(12)21-14(19)16-18/h2-3,6-7,11H,4-5,8-10H2,1H3/t11-/m0/s1. The summed E-state index contributed by atoms with van der Waals surface area (Å²) in [6, 6.07) is 8.36. The lowest BCUT2D eigenvalue weighted by atomic mass is 10.0. The Morgan fingerprint density at radius 2 is 2.24 bits per heavy atom. The molecular weight excluding hydrogens is 300 g/mol. The van der Waals surface area contributed by atoms with Crippen molar-refractivity contribution in [2.75, 3.05) is 13.1 Å². The first-order valence-electron chi connectivity index (χ1n) is 7.42. The van der Waals surface area contributed by atoms with Gasteiger partial charge in [0, 0.05) is 6.54 Å². The molecule has 1 atom stereocenters. The first-order chi connectivity index (χ1) is 10.2. The van der Waals surface area contributed by atoms with E-state index in [1.54, 1.807) is 11.3 Å². The SMILES string of the molecule is C[C@H]1CCCN(Cn2nc3sc4ccccc4n3c2=S)C1.